The second-order valence-corrected chi connectivity index (χ2v) is 4.01. The fraction of sp³-hybridized carbons (Fsp3) is 0.692. The first kappa shape index (κ1) is 17.1. The quantitative estimate of drug-likeness (QED) is 0.719. The Hall–Kier alpha value is -1.30. The van der Waals surface area contributed by atoms with E-state index < -0.39 is 0 Å². The van der Waals surface area contributed by atoms with Crippen molar-refractivity contribution in [1.82, 2.24) is 5.32 Å². The fourth-order valence-electron chi connectivity index (χ4n) is 1.73. The zero-order valence-electron chi connectivity index (χ0n) is 10.8. The Bertz CT molecular complexity index is 208. The lowest BCUT2D eigenvalue weighted by molar-refractivity contribution is 0.540. The summed E-state index contributed by atoms with van der Waals surface area (Å²) < 4.78 is 0. The van der Waals surface area contributed by atoms with Crippen LogP contribution in [-0.4, -0.2) is 12.3 Å². The fourth-order valence-corrected chi connectivity index (χ4v) is 1.73. The lowest BCUT2D eigenvalue weighted by Gasteiger charge is -2.14. The Morgan fingerprint density at radius 3 is 2.38 bits per heavy atom. The smallest absolute Gasteiger partial charge is 0.0462 e. The molecule has 1 rings (SSSR count). The molecule has 0 bridgehead atoms. The number of hydrogen-bond acceptors (Lipinski definition) is 3. The van der Waals surface area contributed by atoms with Gasteiger partial charge in [0.05, 0.1) is 0 Å². The summed E-state index contributed by atoms with van der Waals surface area (Å²) in [7, 11) is 0. The third kappa shape index (κ3) is 9.26. The standard InChI is InChI=1S/C10H19N.C2H5N.CHN/c1-4-9(3)11-10-6-5-8(2)7-10;1-2-3;1-2/h8,10-11H,3-7H2,1-2H3;2-3H,1H3;1H/t8-,10?;;/m0../s1. The van der Waals surface area contributed by atoms with Crippen LogP contribution in [0.4, 0.5) is 0 Å². The molecule has 0 aromatic heterocycles. The summed E-state index contributed by atoms with van der Waals surface area (Å²) in [6.07, 6.45) is 6.36. The van der Waals surface area contributed by atoms with Crippen molar-refractivity contribution in [2.45, 2.75) is 52.5 Å². The van der Waals surface area contributed by atoms with Crippen molar-refractivity contribution >= 4 is 6.21 Å². The SMILES string of the molecule is C#N.C=C(CC)NC1CC[C@H](C)C1.CC=N. The number of allylic oxidation sites excluding steroid dienone is 1. The van der Waals surface area contributed by atoms with E-state index in [0.29, 0.717) is 0 Å². The molecule has 1 saturated carbocycles. The highest BCUT2D eigenvalue weighted by molar-refractivity contribution is 5.48. The number of nitriles is 1. The highest BCUT2D eigenvalue weighted by Gasteiger charge is 2.20. The summed E-state index contributed by atoms with van der Waals surface area (Å²) in [5, 5.41) is 16.0. The van der Waals surface area contributed by atoms with Crippen LogP contribution in [0.25, 0.3) is 0 Å². The number of nitrogens with zero attached hydrogens (tertiary/aromatic N) is 1. The molecule has 2 N–H and O–H groups in total. The molecule has 0 aliphatic heterocycles. The minimum absolute atomic E-state index is 0.720. The molecule has 1 fully saturated rings. The van der Waals surface area contributed by atoms with E-state index in [1.807, 2.05) is 0 Å². The van der Waals surface area contributed by atoms with Gasteiger partial charge in [0.2, 0.25) is 0 Å². The van der Waals surface area contributed by atoms with E-state index in [-0.39, 0.29) is 0 Å². The molecule has 0 aromatic rings. The summed E-state index contributed by atoms with van der Waals surface area (Å²) in [6, 6.07) is 0.720. The molecule has 0 radical (unpaired) electrons. The van der Waals surface area contributed by atoms with Gasteiger partial charge in [-0.1, -0.05) is 20.4 Å². The molecule has 0 heterocycles. The highest BCUT2D eigenvalue weighted by Crippen LogP contribution is 2.25. The molecule has 1 unspecified atom stereocenters. The van der Waals surface area contributed by atoms with Crippen molar-refractivity contribution in [2.75, 3.05) is 0 Å². The van der Waals surface area contributed by atoms with Crippen molar-refractivity contribution < 1.29 is 0 Å². The average Bonchev–Trinajstić information content (AvgIpc) is 2.68. The Balaban J connectivity index is 0. The van der Waals surface area contributed by atoms with Crippen molar-refractivity contribution in [2.24, 2.45) is 5.92 Å². The third-order valence-corrected chi connectivity index (χ3v) is 2.53. The van der Waals surface area contributed by atoms with Gasteiger partial charge in [0.1, 0.15) is 0 Å². The molecular formula is C13H25N3. The topological polar surface area (TPSA) is 59.7 Å². The maximum atomic E-state index is 6.50. The summed E-state index contributed by atoms with van der Waals surface area (Å²) >= 11 is 0. The van der Waals surface area contributed by atoms with Crippen LogP contribution in [0.15, 0.2) is 12.3 Å². The zero-order valence-corrected chi connectivity index (χ0v) is 10.8. The molecule has 3 heteroatoms. The van der Waals surface area contributed by atoms with Gasteiger partial charge in [-0.15, -0.1) is 0 Å². The van der Waals surface area contributed by atoms with E-state index in [9.17, 15) is 0 Å². The number of hydrogen-bond donors (Lipinski definition) is 2. The lowest BCUT2D eigenvalue weighted by Crippen LogP contribution is -2.24. The van der Waals surface area contributed by atoms with E-state index in [4.69, 9.17) is 10.7 Å². The predicted octanol–water partition coefficient (Wildman–Crippen LogP) is 3.48. The summed E-state index contributed by atoms with van der Waals surface area (Å²) in [5.74, 6) is 0.914. The molecular weight excluding hydrogens is 198 g/mol. The first-order valence-corrected chi connectivity index (χ1v) is 5.79. The molecule has 0 spiro atoms. The number of nitrogens with one attached hydrogen (secondary N) is 2. The predicted molar refractivity (Wildman–Crippen MR) is 70.5 cm³/mol. The van der Waals surface area contributed by atoms with Gasteiger partial charge in [-0.05, 0) is 44.7 Å². The van der Waals surface area contributed by atoms with Crippen molar-refractivity contribution in [3.63, 3.8) is 0 Å². The molecule has 92 valence electrons. The van der Waals surface area contributed by atoms with E-state index in [0.717, 1.165) is 18.4 Å². The first-order chi connectivity index (χ1) is 7.63. The maximum Gasteiger partial charge on any atom is 0.0462 e. The Kier molecular flexibility index (Phi) is 12.6. The van der Waals surface area contributed by atoms with E-state index in [1.54, 1.807) is 6.92 Å². The van der Waals surface area contributed by atoms with Gasteiger partial charge in [0, 0.05) is 18.3 Å². The Labute approximate surface area is 100 Å². The highest BCUT2D eigenvalue weighted by atomic mass is 14.9. The molecule has 0 aromatic carbocycles. The van der Waals surface area contributed by atoms with Crippen LogP contribution in [-0.2, 0) is 0 Å². The third-order valence-electron chi connectivity index (χ3n) is 2.53. The van der Waals surface area contributed by atoms with Crippen LogP contribution in [0.5, 0.6) is 0 Å². The van der Waals surface area contributed by atoms with Crippen LogP contribution in [0.3, 0.4) is 0 Å². The second kappa shape index (κ2) is 11.8. The number of rotatable bonds is 3. The van der Waals surface area contributed by atoms with Crippen LogP contribution in [0, 0.1) is 23.2 Å². The van der Waals surface area contributed by atoms with Crippen LogP contribution in [0.2, 0.25) is 0 Å². The molecule has 1 aliphatic rings. The summed E-state index contributed by atoms with van der Waals surface area (Å²) in [6.45, 7) is 13.6. The molecule has 0 saturated heterocycles. The van der Waals surface area contributed by atoms with Gasteiger partial charge in [-0.2, -0.15) is 0 Å². The van der Waals surface area contributed by atoms with Gasteiger partial charge in [-0.3, -0.25) is 0 Å². The van der Waals surface area contributed by atoms with E-state index >= 15 is 0 Å². The molecule has 1 aliphatic carbocycles. The van der Waals surface area contributed by atoms with E-state index in [1.165, 1.54) is 31.2 Å². The Morgan fingerprint density at radius 2 is 2.06 bits per heavy atom. The van der Waals surface area contributed by atoms with Gasteiger partial charge in [0.25, 0.3) is 0 Å². The Morgan fingerprint density at radius 1 is 1.56 bits per heavy atom. The first-order valence-electron chi connectivity index (χ1n) is 5.79. The molecule has 16 heavy (non-hydrogen) atoms. The largest absolute Gasteiger partial charge is 0.386 e. The van der Waals surface area contributed by atoms with Gasteiger partial charge >= 0.3 is 0 Å². The van der Waals surface area contributed by atoms with Crippen molar-refractivity contribution in [1.29, 1.82) is 10.7 Å². The summed E-state index contributed by atoms with van der Waals surface area (Å²) in [5.41, 5.74) is 1.20. The van der Waals surface area contributed by atoms with Gasteiger partial charge in [-0.25, -0.2) is 5.26 Å². The second-order valence-electron chi connectivity index (χ2n) is 4.01. The van der Waals surface area contributed by atoms with Crippen LogP contribution < -0.4 is 5.32 Å². The van der Waals surface area contributed by atoms with E-state index in [2.05, 4.69) is 32.3 Å². The maximum absolute atomic E-state index is 6.50. The van der Waals surface area contributed by atoms with Crippen molar-refractivity contribution in [3.05, 3.63) is 12.3 Å². The molecule has 2 atom stereocenters. The average molecular weight is 223 g/mol. The molecule has 3 nitrogen and oxygen atoms in total. The van der Waals surface area contributed by atoms with Crippen molar-refractivity contribution in [3.8, 4) is 6.57 Å². The lowest BCUT2D eigenvalue weighted by atomic mass is 10.1. The monoisotopic (exact) mass is 223 g/mol. The minimum Gasteiger partial charge on any atom is -0.386 e. The normalized spacial score (nSPS) is 21.8. The zero-order chi connectivity index (χ0) is 13.0. The van der Waals surface area contributed by atoms with Gasteiger partial charge < -0.3 is 10.7 Å². The van der Waals surface area contributed by atoms with Crippen LogP contribution in [0.1, 0.15) is 46.5 Å². The molecule has 0 amide bonds. The minimum atomic E-state index is 0.720. The van der Waals surface area contributed by atoms with Crippen LogP contribution >= 0.6 is 0 Å². The summed E-state index contributed by atoms with van der Waals surface area (Å²) in [4.78, 5) is 0. The van der Waals surface area contributed by atoms with Gasteiger partial charge in [0.15, 0.2) is 0 Å².